The summed E-state index contributed by atoms with van der Waals surface area (Å²) >= 11 is 0. The third kappa shape index (κ3) is 2.44. The summed E-state index contributed by atoms with van der Waals surface area (Å²) in [6.45, 7) is 1.70. The van der Waals surface area contributed by atoms with Crippen molar-refractivity contribution in [2.45, 2.75) is 38.8 Å². The molecular weight excluding hydrogens is 299 g/mol. The highest BCUT2D eigenvalue weighted by atomic mass is 19.4. The number of halogens is 3. The molecule has 0 bridgehead atoms. The molecule has 0 amide bonds. The number of carbonyl (C=O) groups excluding carboxylic acids is 1. The van der Waals surface area contributed by atoms with Gasteiger partial charge < -0.3 is 9.15 Å². The number of aryl methyl sites for hydroxylation is 1. The number of rotatable bonds is 2. The van der Waals surface area contributed by atoms with Crippen LogP contribution in [0.15, 0.2) is 10.5 Å². The second-order valence-corrected chi connectivity index (χ2v) is 5.18. The third-order valence-electron chi connectivity index (χ3n) is 3.74. The van der Waals surface area contributed by atoms with Crippen molar-refractivity contribution in [3.8, 4) is 0 Å². The molecule has 0 fully saturated rings. The van der Waals surface area contributed by atoms with Gasteiger partial charge in [-0.25, -0.2) is 9.78 Å². The van der Waals surface area contributed by atoms with Crippen LogP contribution in [0.2, 0.25) is 0 Å². The molecule has 0 spiro atoms. The molecule has 7 heteroatoms. The van der Waals surface area contributed by atoms with Gasteiger partial charge in [-0.3, -0.25) is 0 Å². The van der Waals surface area contributed by atoms with Crippen molar-refractivity contribution in [1.29, 1.82) is 0 Å². The molecule has 4 nitrogen and oxygen atoms in total. The molecule has 118 valence electrons. The number of aromatic nitrogens is 1. The van der Waals surface area contributed by atoms with Gasteiger partial charge in [-0.05, 0) is 49.8 Å². The van der Waals surface area contributed by atoms with Crippen LogP contribution in [0.1, 0.15) is 47.1 Å². The summed E-state index contributed by atoms with van der Waals surface area (Å²) in [6.07, 6.45) is -2.05. The van der Waals surface area contributed by atoms with E-state index in [2.05, 4.69) is 4.98 Å². The quantitative estimate of drug-likeness (QED) is 0.789. The Hall–Kier alpha value is -2.05. The van der Waals surface area contributed by atoms with Gasteiger partial charge >= 0.3 is 18.0 Å². The van der Waals surface area contributed by atoms with Gasteiger partial charge in [0, 0.05) is 0 Å². The molecule has 0 atom stereocenters. The number of nitrogens with zero attached hydrogens (tertiary/aromatic N) is 1. The van der Waals surface area contributed by atoms with Crippen LogP contribution in [0, 0.1) is 0 Å². The Labute approximate surface area is 124 Å². The van der Waals surface area contributed by atoms with Gasteiger partial charge in [0.1, 0.15) is 5.52 Å². The highest BCUT2D eigenvalue weighted by Crippen LogP contribution is 2.41. The van der Waals surface area contributed by atoms with Gasteiger partial charge in [0.2, 0.25) is 0 Å². The van der Waals surface area contributed by atoms with Crippen LogP contribution in [0.25, 0.3) is 11.1 Å². The Morgan fingerprint density at radius 3 is 2.77 bits per heavy atom. The van der Waals surface area contributed by atoms with E-state index in [1.807, 2.05) is 0 Å². The second-order valence-electron chi connectivity index (χ2n) is 5.18. The maximum absolute atomic E-state index is 13.5. The second kappa shape index (κ2) is 5.30. The van der Waals surface area contributed by atoms with Gasteiger partial charge in [-0.15, -0.1) is 0 Å². The monoisotopic (exact) mass is 313 g/mol. The summed E-state index contributed by atoms with van der Waals surface area (Å²) in [5.74, 6) is -1.30. The first-order chi connectivity index (χ1) is 10.4. The van der Waals surface area contributed by atoms with E-state index in [0.29, 0.717) is 24.8 Å². The van der Waals surface area contributed by atoms with Crippen molar-refractivity contribution in [1.82, 2.24) is 4.98 Å². The first-order valence-corrected chi connectivity index (χ1v) is 7.11. The first-order valence-electron chi connectivity index (χ1n) is 7.11. The molecule has 0 saturated carbocycles. The Bertz CT molecular complexity index is 734. The van der Waals surface area contributed by atoms with E-state index in [4.69, 9.17) is 9.15 Å². The summed E-state index contributed by atoms with van der Waals surface area (Å²) < 4.78 is 50.3. The van der Waals surface area contributed by atoms with E-state index in [0.717, 1.165) is 6.42 Å². The molecule has 3 rings (SSSR count). The van der Waals surface area contributed by atoms with Crippen molar-refractivity contribution in [3.05, 3.63) is 28.6 Å². The van der Waals surface area contributed by atoms with Gasteiger partial charge in [0.25, 0.3) is 0 Å². The van der Waals surface area contributed by atoms with Crippen LogP contribution in [0.4, 0.5) is 13.2 Å². The third-order valence-corrected chi connectivity index (χ3v) is 3.74. The van der Waals surface area contributed by atoms with Crippen molar-refractivity contribution in [2.24, 2.45) is 0 Å². The number of alkyl halides is 3. The fraction of sp³-hybridized carbons (Fsp3) is 0.467. The van der Waals surface area contributed by atoms with Crippen molar-refractivity contribution < 1.29 is 27.1 Å². The van der Waals surface area contributed by atoms with E-state index in [1.165, 1.54) is 0 Å². The summed E-state index contributed by atoms with van der Waals surface area (Å²) in [5, 5.41) is 0. The molecule has 0 aliphatic heterocycles. The topological polar surface area (TPSA) is 52.3 Å². The maximum Gasteiger partial charge on any atom is 0.418 e. The van der Waals surface area contributed by atoms with E-state index in [1.54, 1.807) is 13.0 Å². The fourth-order valence-electron chi connectivity index (χ4n) is 2.87. The van der Waals surface area contributed by atoms with Crippen molar-refractivity contribution >= 4 is 17.1 Å². The Kier molecular flexibility index (Phi) is 3.58. The number of hydrogen-bond acceptors (Lipinski definition) is 4. The zero-order valence-corrected chi connectivity index (χ0v) is 11.9. The number of benzene rings is 1. The number of hydrogen-bond donors (Lipinski definition) is 0. The number of oxazole rings is 1. The molecule has 0 unspecified atom stereocenters. The summed E-state index contributed by atoms with van der Waals surface area (Å²) in [6, 6.07) is 1.56. The average Bonchev–Trinajstić information content (AvgIpc) is 2.86. The minimum absolute atomic E-state index is 0.0176. The molecular formula is C15H14F3NO3. The Morgan fingerprint density at radius 2 is 2.09 bits per heavy atom. The van der Waals surface area contributed by atoms with E-state index in [9.17, 15) is 18.0 Å². The summed E-state index contributed by atoms with van der Waals surface area (Å²) in [4.78, 5) is 15.4. The minimum atomic E-state index is -4.54. The standard InChI is InChI=1S/C15H14F3NO3/c1-2-21-14(20)13-19-12-10(22-13)7-8-5-3-4-6-9(8)11(12)15(16,17)18/h7H,2-6H2,1H3. The van der Waals surface area contributed by atoms with E-state index < -0.39 is 23.6 Å². The average molecular weight is 313 g/mol. The molecule has 1 heterocycles. The van der Waals surface area contributed by atoms with E-state index >= 15 is 0 Å². The van der Waals surface area contributed by atoms with Crippen LogP contribution in [0.3, 0.4) is 0 Å². The van der Waals surface area contributed by atoms with Crippen molar-refractivity contribution in [2.75, 3.05) is 6.61 Å². The molecule has 1 aliphatic rings. The van der Waals surface area contributed by atoms with Crippen LogP contribution >= 0.6 is 0 Å². The fourth-order valence-corrected chi connectivity index (χ4v) is 2.87. The summed E-state index contributed by atoms with van der Waals surface area (Å²) in [5.41, 5.74) is -0.209. The van der Waals surface area contributed by atoms with Gasteiger partial charge in [-0.2, -0.15) is 13.2 Å². The number of esters is 1. The van der Waals surface area contributed by atoms with Gasteiger partial charge in [0.05, 0.1) is 12.2 Å². The molecule has 0 saturated heterocycles. The molecule has 22 heavy (non-hydrogen) atoms. The normalized spacial score (nSPS) is 14.9. The minimum Gasteiger partial charge on any atom is -0.459 e. The summed E-state index contributed by atoms with van der Waals surface area (Å²) in [7, 11) is 0. The number of ether oxygens (including phenoxy) is 1. The maximum atomic E-state index is 13.5. The molecule has 0 radical (unpaired) electrons. The first kappa shape index (κ1) is 14.9. The largest absolute Gasteiger partial charge is 0.459 e. The predicted octanol–water partition coefficient (Wildman–Crippen LogP) is 3.90. The lowest BCUT2D eigenvalue weighted by Gasteiger charge is -2.20. The van der Waals surface area contributed by atoms with Crippen LogP contribution in [-0.4, -0.2) is 17.6 Å². The lowest BCUT2D eigenvalue weighted by atomic mass is 9.87. The number of carbonyl (C=O) groups is 1. The highest BCUT2D eigenvalue weighted by Gasteiger charge is 2.39. The molecule has 1 aliphatic carbocycles. The highest BCUT2D eigenvalue weighted by molar-refractivity contribution is 5.90. The zero-order valence-electron chi connectivity index (χ0n) is 11.9. The Balaban J connectivity index is 2.24. The predicted molar refractivity (Wildman–Crippen MR) is 71.6 cm³/mol. The molecule has 1 aromatic carbocycles. The van der Waals surface area contributed by atoms with Crippen molar-refractivity contribution in [3.63, 3.8) is 0 Å². The molecule has 1 aromatic heterocycles. The lowest BCUT2D eigenvalue weighted by Crippen LogP contribution is -2.15. The van der Waals surface area contributed by atoms with Crippen LogP contribution in [-0.2, 0) is 23.8 Å². The smallest absolute Gasteiger partial charge is 0.418 e. The molecule has 0 N–H and O–H groups in total. The Morgan fingerprint density at radius 1 is 1.36 bits per heavy atom. The van der Waals surface area contributed by atoms with E-state index in [-0.39, 0.29) is 23.3 Å². The van der Waals surface area contributed by atoms with Gasteiger partial charge in [0.15, 0.2) is 5.58 Å². The zero-order chi connectivity index (χ0) is 15.9. The number of fused-ring (bicyclic) bond motifs is 2. The SMILES string of the molecule is CCOC(=O)c1nc2c(C(F)(F)F)c3c(cc2o1)CCCC3. The van der Waals surface area contributed by atoms with Crippen LogP contribution in [0.5, 0.6) is 0 Å². The lowest BCUT2D eigenvalue weighted by molar-refractivity contribution is -0.137. The van der Waals surface area contributed by atoms with Gasteiger partial charge in [-0.1, -0.05) is 0 Å². The molecule has 2 aromatic rings. The van der Waals surface area contributed by atoms with Crippen LogP contribution < -0.4 is 0 Å².